The van der Waals surface area contributed by atoms with Gasteiger partial charge in [0.2, 0.25) is 11.8 Å². The number of methoxy groups -OCH3 is 1. The molecule has 4 atom stereocenters. The second kappa shape index (κ2) is 8.98. The van der Waals surface area contributed by atoms with Crippen LogP contribution in [0.2, 0.25) is 0 Å². The van der Waals surface area contributed by atoms with Gasteiger partial charge in [-0.1, -0.05) is 0 Å². The average Bonchev–Trinajstić information content (AvgIpc) is 3.56. The molecule has 0 spiro atoms. The number of nitrogens with zero attached hydrogens (tertiary/aromatic N) is 1. The lowest BCUT2D eigenvalue weighted by molar-refractivity contribution is -0.123. The van der Waals surface area contributed by atoms with Gasteiger partial charge in [-0.25, -0.2) is 9.59 Å². The summed E-state index contributed by atoms with van der Waals surface area (Å²) in [6, 6.07) is 12.1. The summed E-state index contributed by atoms with van der Waals surface area (Å²) in [6.45, 7) is -0.505. The molecule has 3 aliphatic rings. The molecule has 0 aromatic heterocycles. The van der Waals surface area contributed by atoms with E-state index in [4.69, 9.17) is 4.74 Å². The van der Waals surface area contributed by atoms with Crippen molar-refractivity contribution >= 4 is 41.0 Å². The molecule has 2 aromatic carbocycles. The molecule has 1 N–H and O–H groups in total. The van der Waals surface area contributed by atoms with Gasteiger partial charge in [-0.3, -0.25) is 19.3 Å². The van der Waals surface area contributed by atoms with Crippen molar-refractivity contribution in [2.24, 2.45) is 23.7 Å². The fourth-order valence-corrected chi connectivity index (χ4v) is 5.63. The van der Waals surface area contributed by atoms with Crippen LogP contribution >= 0.6 is 0 Å². The Morgan fingerprint density at radius 2 is 1.40 bits per heavy atom. The zero-order chi connectivity index (χ0) is 24.7. The zero-order valence-corrected chi connectivity index (χ0v) is 19.1. The van der Waals surface area contributed by atoms with Crippen LogP contribution in [0.4, 0.5) is 11.4 Å². The predicted octanol–water partition coefficient (Wildman–Crippen LogP) is 2.80. The first-order valence-corrected chi connectivity index (χ1v) is 11.5. The summed E-state index contributed by atoms with van der Waals surface area (Å²) in [5, 5.41) is 2.57. The molecule has 3 amide bonds. The number of ether oxygens (including phenoxy) is 2. The lowest BCUT2D eigenvalue weighted by Gasteiger charge is -2.19. The van der Waals surface area contributed by atoms with Crippen LogP contribution in [0.15, 0.2) is 48.5 Å². The summed E-state index contributed by atoms with van der Waals surface area (Å²) in [6.07, 6.45) is 2.99. The summed E-state index contributed by atoms with van der Waals surface area (Å²) in [5.41, 5.74) is 1.41. The summed E-state index contributed by atoms with van der Waals surface area (Å²) in [5.74, 6) is -1.83. The Hall–Kier alpha value is -4.01. The van der Waals surface area contributed by atoms with Gasteiger partial charge in [0.15, 0.2) is 6.61 Å². The number of nitrogens with one attached hydrogen (secondary N) is 1. The molecular weight excluding hydrogens is 452 g/mol. The normalized spacial score (nSPS) is 24.3. The number of imide groups is 1. The van der Waals surface area contributed by atoms with Gasteiger partial charge in [-0.2, -0.15) is 0 Å². The maximum atomic E-state index is 12.9. The third kappa shape index (κ3) is 4.07. The van der Waals surface area contributed by atoms with Crippen molar-refractivity contribution in [2.45, 2.75) is 19.3 Å². The monoisotopic (exact) mass is 476 g/mol. The number of rotatable bonds is 6. The van der Waals surface area contributed by atoms with Crippen LogP contribution in [-0.4, -0.2) is 43.4 Å². The number of fused-ring (bicyclic) bond motifs is 5. The van der Waals surface area contributed by atoms with E-state index in [2.05, 4.69) is 10.1 Å². The van der Waals surface area contributed by atoms with Crippen molar-refractivity contribution in [1.82, 2.24) is 0 Å². The van der Waals surface area contributed by atoms with Gasteiger partial charge in [-0.15, -0.1) is 0 Å². The molecule has 2 aliphatic carbocycles. The second-order valence-electron chi connectivity index (χ2n) is 9.14. The number of hydrogen-bond acceptors (Lipinski definition) is 7. The first-order valence-electron chi connectivity index (χ1n) is 11.5. The van der Waals surface area contributed by atoms with Gasteiger partial charge >= 0.3 is 11.9 Å². The Kier molecular flexibility index (Phi) is 5.84. The SMILES string of the molecule is COC(=O)c1ccc(NC(=O)COC(=O)c2ccc(N3C(=O)[C@@H]4[C@H]5CC[C@@H](C5)[C@H]4C3=O)cc2)cc1. The van der Waals surface area contributed by atoms with Crippen LogP contribution in [0.1, 0.15) is 40.0 Å². The number of esters is 2. The highest BCUT2D eigenvalue weighted by Crippen LogP contribution is 2.56. The predicted molar refractivity (Wildman–Crippen MR) is 123 cm³/mol. The number of carbonyl (C=O) groups excluding carboxylic acids is 5. The van der Waals surface area contributed by atoms with Crippen LogP contribution < -0.4 is 10.2 Å². The number of hydrogen-bond donors (Lipinski definition) is 1. The quantitative estimate of drug-likeness (QED) is 0.503. The van der Waals surface area contributed by atoms with Gasteiger partial charge in [0.1, 0.15) is 0 Å². The third-order valence-corrected chi connectivity index (χ3v) is 7.21. The standard InChI is InChI=1S/C26H24N2O7/c1-34-25(32)14-4-8-18(9-5-14)27-20(29)13-35-26(33)15-6-10-19(11-7-15)28-23(30)21-16-2-3-17(12-16)22(21)24(28)31/h4-11,16-17,21-22H,2-3,12-13H2,1H3,(H,27,29)/t16-,17-,21+,22+/m0/s1. The average molecular weight is 476 g/mol. The third-order valence-electron chi connectivity index (χ3n) is 7.21. The van der Waals surface area contributed by atoms with E-state index in [9.17, 15) is 24.0 Å². The first-order chi connectivity index (χ1) is 16.9. The highest BCUT2D eigenvalue weighted by molar-refractivity contribution is 6.22. The molecule has 35 heavy (non-hydrogen) atoms. The summed E-state index contributed by atoms with van der Waals surface area (Å²) in [4.78, 5) is 63.1. The molecular formula is C26H24N2O7. The molecule has 2 saturated carbocycles. The summed E-state index contributed by atoms with van der Waals surface area (Å²) >= 11 is 0. The Morgan fingerprint density at radius 3 is 1.97 bits per heavy atom. The lowest BCUT2D eigenvalue weighted by atomic mass is 9.81. The van der Waals surface area contributed by atoms with Gasteiger partial charge in [0, 0.05) is 5.69 Å². The minimum absolute atomic E-state index is 0.140. The minimum atomic E-state index is -0.707. The summed E-state index contributed by atoms with van der Waals surface area (Å²) < 4.78 is 9.69. The van der Waals surface area contributed by atoms with Crippen molar-refractivity contribution in [3.05, 3.63) is 59.7 Å². The highest BCUT2D eigenvalue weighted by atomic mass is 16.5. The number of anilines is 2. The molecule has 0 unspecified atom stereocenters. The Labute approximate surface area is 201 Å². The van der Waals surface area contributed by atoms with Gasteiger partial charge < -0.3 is 14.8 Å². The van der Waals surface area contributed by atoms with Crippen molar-refractivity contribution in [3.8, 4) is 0 Å². The molecule has 1 heterocycles. The zero-order valence-electron chi connectivity index (χ0n) is 19.1. The Balaban J connectivity index is 1.16. The van der Waals surface area contributed by atoms with Crippen molar-refractivity contribution in [1.29, 1.82) is 0 Å². The highest BCUT2D eigenvalue weighted by Gasteiger charge is 2.61. The number of amides is 3. The van der Waals surface area contributed by atoms with E-state index in [0.29, 0.717) is 28.8 Å². The first kappa shape index (κ1) is 22.8. The van der Waals surface area contributed by atoms with Crippen LogP contribution in [0.3, 0.4) is 0 Å². The van der Waals surface area contributed by atoms with Crippen LogP contribution in [0.5, 0.6) is 0 Å². The number of carbonyl (C=O) groups is 5. The van der Waals surface area contributed by atoms with E-state index >= 15 is 0 Å². The molecule has 1 aliphatic heterocycles. The van der Waals surface area contributed by atoms with E-state index < -0.39 is 24.5 Å². The number of benzene rings is 2. The van der Waals surface area contributed by atoms with Crippen LogP contribution in [-0.2, 0) is 23.9 Å². The Morgan fingerprint density at radius 1 is 0.857 bits per heavy atom. The summed E-state index contributed by atoms with van der Waals surface area (Å²) in [7, 11) is 1.28. The van der Waals surface area contributed by atoms with E-state index in [0.717, 1.165) is 19.3 Å². The molecule has 180 valence electrons. The van der Waals surface area contributed by atoms with Gasteiger partial charge in [0.05, 0.1) is 35.8 Å². The molecule has 2 aromatic rings. The van der Waals surface area contributed by atoms with Crippen molar-refractivity contribution < 1.29 is 33.4 Å². The van der Waals surface area contributed by atoms with E-state index in [1.165, 1.54) is 48.4 Å². The molecule has 9 nitrogen and oxygen atoms in total. The van der Waals surface area contributed by atoms with E-state index in [-0.39, 0.29) is 29.2 Å². The van der Waals surface area contributed by atoms with Crippen LogP contribution in [0, 0.1) is 23.7 Å². The fraction of sp³-hybridized carbons (Fsp3) is 0.346. The minimum Gasteiger partial charge on any atom is -0.465 e. The molecule has 0 radical (unpaired) electrons. The molecule has 1 saturated heterocycles. The lowest BCUT2D eigenvalue weighted by Crippen LogP contribution is -2.32. The van der Waals surface area contributed by atoms with E-state index in [1.54, 1.807) is 12.1 Å². The largest absolute Gasteiger partial charge is 0.465 e. The topological polar surface area (TPSA) is 119 Å². The molecule has 3 fully saturated rings. The Bertz CT molecular complexity index is 1180. The van der Waals surface area contributed by atoms with E-state index in [1.807, 2.05) is 0 Å². The van der Waals surface area contributed by atoms with Gasteiger partial charge in [0.25, 0.3) is 5.91 Å². The molecule has 2 bridgehead atoms. The van der Waals surface area contributed by atoms with Crippen LogP contribution in [0.25, 0.3) is 0 Å². The fourth-order valence-electron chi connectivity index (χ4n) is 5.63. The van der Waals surface area contributed by atoms with Crippen molar-refractivity contribution in [3.63, 3.8) is 0 Å². The second-order valence-corrected chi connectivity index (χ2v) is 9.14. The smallest absolute Gasteiger partial charge is 0.338 e. The molecule has 9 heteroatoms. The molecule has 5 rings (SSSR count). The maximum Gasteiger partial charge on any atom is 0.338 e. The van der Waals surface area contributed by atoms with Gasteiger partial charge in [-0.05, 0) is 79.6 Å². The maximum absolute atomic E-state index is 12.9. The van der Waals surface area contributed by atoms with Crippen molar-refractivity contribution in [2.75, 3.05) is 23.9 Å².